The average molecular weight is 295 g/mol. The summed E-state index contributed by atoms with van der Waals surface area (Å²) in [5.74, 6) is -0.326. The quantitative estimate of drug-likeness (QED) is 0.642. The summed E-state index contributed by atoms with van der Waals surface area (Å²) in [5.41, 5.74) is 4.26. The van der Waals surface area contributed by atoms with Gasteiger partial charge in [0.25, 0.3) is 0 Å². The minimum Gasteiger partial charge on any atom is -0.463 e. The number of ether oxygens (including phenoxy) is 1. The van der Waals surface area contributed by atoms with Gasteiger partial charge in [-0.1, -0.05) is 42.5 Å². The summed E-state index contributed by atoms with van der Waals surface area (Å²) < 4.78 is 4.88. The molecule has 0 heterocycles. The van der Waals surface area contributed by atoms with Crippen LogP contribution in [0.1, 0.15) is 25.0 Å². The Morgan fingerprint density at radius 1 is 1.05 bits per heavy atom. The number of hydrogen-bond donors (Lipinski definition) is 1. The van der Waals surface area contributed by atoms with E-state index in [2.05, 4.69) is 41.7 Å². The molecule has 3 nitrogen and oxygen atoms in total. The van der Waals surface area contributed by atoms with E-state index in [1.165, 1.54) is 17.2 Å². The molecule has 0 unspecified atom stereocenters. The molecular formula is C19H21NO2. The first-order valence-electron chi connectivity index (χ1n) is 7.42. The number of esters is 1. The molecule has 0 aliphatic heterocycles. The van der Waals surface area contributed by atoms with Crippen LogP contribution in [0.5, 0.6) is 0 Å². The van der Waals surface area contributed by atoms with E-state index in [0.717, 1.165) is 17.8 Å². The van der Waals surface area contributed by atoms with Crippen molar-refractivity contribution in [3.05, 3.63) is 77.5 Å². The van der Waals surface area contributed by atoms with Crippen molar-refractivity contribution >= 4 is 11.7 Å². The molecule has 2 aromatic rings. The lowest BCUT2D eigenvalue weighted by Gasteiger charge is -2.08. The third kappa shape index (κ3) is 5.09. The van der Waals surface area contributed by atoms with Crippen molar-refractivity contribution in [1.82, 2.24) is 0 Å². The molecule has 1 N–H and O–H groups in total. The zero-order chi connectivity index (χ0) is 15.8. The number of hydrogen-bond acceptors (Lipinski definition) is 3. The fourth-order valence-electron chi connectivity index (χ4n) is 2.16. The largest absolute Gasteiger partial charge is 0.463 e. The van der Waals surface area contributed by atoms with Crippen LogP contribution in [-0.2, 0) is 16.0 Å². The van der Waals surface area contributed by atoms with E-state index in [1.54, 1.807) is 6.92 Å². The Morgan fingerprint density at radius 2 is 1.68 bits per heavy atom. The van der Waals surface area contributed by atoms with Crippen molar-refractivity contribution in [2.75, 3.05) is 11.9 Å². The van der Waals surface area contributed by atoms with Crippen molar-refractivity contribution in [3.8, 4) is 0 Å². The normalized spacial score (nSPS) is 11.1. The Labute approximate surface area is 131 Å². The van der Waals surface area contributed by atoms with E-state index in [0.29, 0.717) is 6.61 Å². The average Bonchev–Trinajstić information content (AvgIpc) is 2.50. The van der Waals surface area contributed by atoms with Gasteiger partial charge in [-0.3, -0.25) is 0 Å². The zero-order valence-electron chi connectivity index (χ0n) is 13.0. The molecule has 0 aliphatic carbocycles. The van der Waals surface area contributed by atoms with Crippen LogP contribution < -0.4 is 5.32 Å². The maximum Gasteiger partial charge on any atom is 0.332 e. The van der Waals surface area contributed by atoms with Crippen LogP contribution in [-0.4, -0.2) is 12.6 Å². The smallest absolute Gasteiger partial charge is 0.332 e. The van der Waals surface area contributed by atoms with Gasteiger partial charge < -0.3 is 10.1 Å². The van der Waals surface area contributed by atoms with E-state index < -0.39 is 0 Å². The lowest BCUT2D eigenvalue weighted by atomic mass is 10.0. The molecule has 0 amide bonds. The van der Waals surface area contributed by atoms with Crippen molar-refractivity contribution in [1.29, 1.82) is 0 Å². The maximum absolute atomic E-state index is 11.4. The first kappa shape index (κ1) is 15.8. The molecule has 22 heavy (non-hydrogen) atoms. The molecular weight excluding hydrogens is 274 g/mol. The molecule has 2 aromatic carbocycles. The highest BCUT2D eigenvalue weighted by Crippen LogP contribution is 2.15. The first-order valence-corrected chi connectivity index (χ1v) is 7.42. The van der Waals surface area contributed by atoms with Gasteiger partial charge in [0.2, 0.25) is 0 Å². The van der Waals surface area contributed by atoms with Crippen molar-refractivity contribution in [3.63, 3.8) is 0 Å². The van der Waals surface area contributed by atoms with E-state index >= 15 is 0 Å². The van der Waals surface area contributed by atoms with Gasteiger partial charge in [-0.05, 0) is 43.5 Å². The van der Waals surface area contributed by atoms with Gasteiger partial charge in [0.1, 0.15) is 0 Å². The molecule has 0 bridgehead atoms. The highest BCUT2D eigenvalue weighted by atomic mass is 16.5. The molecule has 0 aromatic heterocycles. The fraction of sp³-hybridized carbons (Fsp3) is 0.211. The number of carbonyl (C=O) groups excluding carboxylic acids is 1. The Balaban J connectivity index is 1.96. The number of nitrogens with one attached hydrogen (secondary N) is 1. The molecule has 0 aliphatic rings. The second-order valence-electron chi connectivity index (χ2n) is 5.06. The number of benzene rings is 2. The minimum atomic E-state index is -0.326. The van der Waals surface area contributed by atoms with Crippen molar-refractivity contribution in [2.45, 2.75) is 20.3 Å². The number of allylic oxidation sites excluding steroid dienone is 1. The van der Waals surface area contributed by atoms with Crippen LogP contribution in [0.4, 0.5) is 5.69 Å². The Hall–Kier alpha value is -2.55. The highest BCUT2D eigenvalue weighted by Gasteiger charge is 2.00. The van der Waals surface area contributed by atoms with Crippen LogP contribution >= 0.6 is 0 Å². The van der Waals surface area contributed by atoms with Gasteiger partial charge in [-0.25, -0.2) is 4.79 Å². The summed E-state index contributed by atoms with van der Waals surface area (Å²) in [6, 6.07) is 18.6. The van der Waals surface area contributed by atoms with Gasteiger partial charge in [0.05, 0.1) is 6.61 Å². The Bertz CT molecular complexity index is 630. The third-order valence-corrected chi connectivity index (χ3v) is 3.17. The zero-order valence-corrected chi connectivity index (χ0v) is 13.0. The molecule has 114 valence electrons. The van der Waals surface area contributed by atoms with E-state index in [4.69, 9.17) is 4.74 Å². The third-order valence-electron chi connectivity index (χ3n) is 3.17. The maximum atomic E-state index is 11.4. The van der Waals surface area contributed by atoms with E-state index in [1.807, 2.05) is 25.1 Å². The van der Waals surface area contributed by atoms with Crippen LogP contribution in [0.2, 0.25) is 0 Å². The summed E-state index contributed by atoms with van der Waals surface area (Å²) in [6.07, 6.45) is 2.38. The molecule has 0 saturated heterocycles. The minimum absolute atomic E-state index is 0.326. The number of carbonyl (C=O) groups is 1. The van der Waals surface area contributed by atoms with Crippen LogP contribution in [0.25, 0.3) is 0 Å². The van der Waals surface area contributed by atoms with E-state index in [-0.39, 0.29) is 5.97 Å². The van der Waals surface area contributed by atoms with Gasteiger partial charge in [0.15, 0.2) is 0 Å². The van der Waals surface area contributed by atoms with Crippen LogP contribution in [0, 0.1) is 0 Å². The monoisotopic (exact) mass is 295 g/mol. The topological polar surface area (TPSA) is 38.3 Å². The van der Waals surface area contributed by atoms with Crippen LogP contribution in [0.15, 0.2) is 66.4 Å². The van der Waals surface area contributed by atoms with Gasteiger partial charge in [0, 0.05) is 17.5 Å². The molecule has 0 atom stereocenters. The van der Waals surface area contributed by atoms with Crippen molar-refractivity contribution in [2.24, 2.45) is 0 Å². The number of anilines is 1. The second kappa shape index (κ2) is 8.03. The van der Waals surface area contributed by atoms with Gasteiger partial charge in [-0.15, -0.1) is 0 Å². The molecule has 2 rings (SSSR count). The predicted molar refractivity (Wildman–Crippen MR) is 89.7 cm³/mol. The van der Waals surface area contributed by atoms with Gasteiger partial charge in [-0.2, -0.15) is 0 Å². The summed E-state index contributed by atoms with van der Waals surface area (Å²) in [6.45, 7) is 4.02. The summed E-state index contributed by atoms with van der Waals surface area (Å²) in [7, 11) is 0. The molecule has 0 saturated carbocycles. The Morgan fingerprint density at radius 3 is 2.32 bits per heavy atom. The van der Waals surface area contributed by atoms with E-state index in [9.17, 15) is 4.79 Å². The predicted octanol–water partition coefficient (Wildman–Crippen LogP) is 4.16. The standard InChI is InChI=1S/C19H21NO2/c1-3-22-19(21)13-15(2)20-18-11-9-17(10-12-18)14-16-7-5-4-6-8-16/h4-13,20H,3,14H2,1-2H3/b15-13+. The Kier molecular flexibility index (Phi) is 5.78. The van der Waals surface area contributed by atoms with Crippen LogP contribution in [0.3, 0.4) is 0 Å². The first-order chi connectivity index (χ1) is 10.7. The molecule has 0 radical (unpaired) electrons. The molecule has 0 spiro atoms. The lowest BCUT2D eigenvalue weighted by Crippen LogP contribution is -2.04. The summed E-state index contributed by atoms with van der Waals surface area (Å²) >= 11 is 0. The lowest BCUT2D eigenvalue weighted by molar-refractivity contribution is -0.137. The summed E-state index contributed by atoms with van der Waals surface area (Å²) in [4.78, 5) is 11.4. The number of rotatable bonds is 6. The molecule has 0 fully saturated rings. The summed E-state index contributed by atoms with van der Waals surface area (Å²) in [5, 5.41) is 3.18. The highest BCUT2D eigenvalue weighted by molar-refractivity contribution is 5.83. The van der Waals surface area contributed by atoms with Gasteiger partial charge >= 0.3 is 5.97 Å². The molecule has 3 heteroatoms. The second-order valence-corrected chi connectivity index (χ2v) is 5.06. The van der Waals surface area contributed by atoms with Crippen molar-refractivity contribution < 1.29 is 9.53 Å². The SMILES string of the molecule is CCOC(=O)/C=C(\C)Nc1ccc(Cc2ccccc2)cc1. The fourth-order valence-corrected chi connectivity index (χ4v) is 2.16.